The molecule has 182 valence electrons. The number of nitrogens with one attached hydrogen (secondary N) is 1. The van der Waals surface area contributed by atoms with E-state index in [0.29, 0.717) is 0 Å². The topological polar surface area (TPSA) is 66.0 Å². The van der Waals surface area contributed by atoms with Crippen LogP contribution in [0, 0.1) is 0 Å². The number of hydrogen-bond acceptors (Lipinski definition) is 5. The minimum absolute atomic E-state index is 0.200. The summed E-state index contributed by atoms with van der Waals surface area (Å²) in [7, 11) is 1.05. The molecular formula is C28H32BNO5. The van der Waals surface area contributed by atoms with E-state index in [1.807, 2.05) is 101 Å². The third-order valence-electron chi connectivity index (χ3n) is 6.68. The highest BCUT2D eigenvalue weighted by Crippen LogP contribution is 2.39. The molecule has 3 aromatic rings. The van der Waals surface area contributed by atoms with Gasteiger partial charge in [0.2, 0.25) is 0 Å². The summed E-state index contributed by atoms with van der Waals surface area (Å²) in [6, 6.07) is 21.6. The van der Waals surface area contributed by atoms with Crippen molar-refractivity contribution in [2.45, 2.75) is 45.5 Å². The Kier molecular flexibility index (Phi) is 7.19. The van der Waals surface area contributed by atoms with Gasteiger partial charge in [0.05, 0.1) is 18.3 Å². The van der Waals surface area contributed by atoms with Crippen molar-refractivity contribution in [3.8, 4) is 5.75 Å². The lowest BCUT2D eigenvalue weighted by Crippen LogP contribution is -2.41. The molecule has 4 rings (SSSR count). The number of carbonyl (C=O) groups is 1. The Labute approximate surface area is 207 Å². The number of alkyl carbamates (subject to hydrolysis) is 1. The zero-order valence-corrected chi connectivity index (χ0v) is 21.0. The van der Waals surface area contributed by atoms with Crippen LogP contribution in [0.5, 0.6) is 5.75 Å². The SMILES string of the molecule is COc1ccc(C=C(CNC(=O)OCc2ccccc2)B2OC(C)(C)C(C)(C)O2)c2ccccc12. The van der Waals surface area contributed by atoms with Crippen molar-refractivity contribution in [1.29, 1.82) is 0 Å². The Bertz CT molecular complexity index is 1210. The number of ether oxygens (including phenoxy) is 2. The van der Waals surface area contributed by atoms with Crippen molar-refractivity contribution in [3.05, 3.63) is 83.3 Å². The van der Waals surface area contributed by atoms with Gasteiger partial charge in [-0.05, 0) is 55.7 Å². The molecule has 1 aliphatic rings. The minimum atomic E-state index is -0.615. The van der Waals surface area contributed by atoms with Crippen LogP contribution < -0.4 is 10.1 Å². The van der Waals surface area contributed by atoms with Gasteiger partial charge in [-0.25, -0.2) is 4.79 Å². The lowest BCUT2D eigenvalue weighted by Gasteiger charge is -2.32. The number of benzene rings is 3. The van der Waals surface area contributed by atoms with Crippen molar-refractivity contribution >= 4 is 30.1 Å². The van der Waals surface area contributed by atoms with E-state index in [1.165, 1.54) is 0 Å². The molecule has 1 amide bonds. The molecule has 0 radical (unpaired) electrons. The molecule has 0 saturated carbocycles. The Hall–Kier alpha value is -3.29. The van der Waals surface area contributed by atoms with Crippen molar-refractivity contribution in [2.75, 3.05) is 13.7 Å². The van der Waals surface area contributed by atoms with Crippen LogP contribution in [0.4, 0.5) is 4.79 Å². The fourth-order valence-corrected chi connectivity index (χ4v) is 3.94. The number of hydrogen-bond donors (Lipinski definition) is 1. The highest BCUT2D eigenvalue weighted by Gasteiger charge is 2.52. The van der Waals surface area contributed by atoms with Crippen LogP contribution in [0.2, 0.25) is 0 Å². The van der Waals surface area contributed by atoms with Crippen LogP contribution in [0.3, 0.4) is 0 Å². The Morgan fingerprint density at radius 1 is 0.914 bits per heavy atom. The van der Waals surface area contributed by atoms with E-state index in [-0.39, 0.29) is 13.2 Å². The molecule has 1 fully saturated rings. The Morgan fingerprint density at radius 2 is 1.54 bits per heavy atom. The molecule has 3 aromatic carbocycles. The monoisotopic (exact) mass is 473 g/mol. The molecule has 1 saturated heterocycles. The standard InChI is InChI=1S/C28H32BNO5/c1-27(2)28(3,4)35-29(34-27)22(18-30-26(31)33-19-20-11-7-6-8-12-20)17-21-15-16-25(32-5)24-14-10-9-13-23(21)24/h6-17H,18-19H2,1-5H3,(H,30,31). The Balaban J connectivity index is 1.60. The van der Waals surface area contributed by atoms with Gasteiger partial charge in [0.25, 0.3) is 0 Å². The molecule has 0 unspecified atom stereocenters. The van der Waals surface area contributed by atoms with Gasteiger partial charge in [-0.15, -0.1) is 0 Å². The maximum absolute atomic E-state index is 12.5. The maximum atomic E-state index is 12.5. The smallest absolute Gasteiger partial charge is 0.492 e. The fourth-order valence-electron chi connectivity index (χ4n) is 3.94. The molecule has 35 heavy (non-hydrogen) atoms. The van der Waals surface area contributed by atoms with Crippen LogP contribution >= 0.6 is 0 Å². The van der Waals surface area contributed by atoms with Crippen LogP contribution in [-0.4, -0.2) is 38.1 Å². The molecule has 1 aliphatic heterocycles. The van der Waals surface area contributed by atoms with E-state index in [1.54, 1.807) is 7.11 Å². The first-order valence-corrected chi connectivity index (χ1v) is 11.8. The second-order valence-corrected chi connectivity index (χ2v) is 9.63. The first-order valence-electron chi connectivity index (χ1n) is 11.8. The van der Waals surface area contributed by atoms with Gasteiger partial charge >= 0.3 is 13.2 Å². The van der Waals surface area contributed by atoms with Crippen LogP contribution in [-0.2, 0) is 20.7 Å². The van der Waals surface area contributed by atoms with E-state index >= 15 is 0 Å². The fraction of sp³-hybridized carbons (Fsp3) is 0.321. The summed E-state index contributed by atoms with van der Waals surface area (Å²) in [5.41, 5.74) is 1.68. The zero-order chi connectivity index (χ0) is 25.1. The van der Waals surface area contributed by atoms with Gasteiger partial charge in [-0.2, -0.15) is 0 Å². The average Bonchev–Trinajstić information content (AvgIpc) is 3.07. The van der Waals surface area contributed by atoms with Crippen molar-refractivity contribution in [3.63, 3.8) is 0 Å². The average molecular weight is 473 g/mol. The first kappa shape index (κ1) is 24.8. The van der Waals surface area contributed by atoms with Crippen molar-refractivity contribution < 1.29 is 23.6 Å². The molecule has 7 heteroatoms. The van der Waals surface area contributed by atoms with E-state index in [4.69, 9.17) is 18.8 Å². The van der Waals surface area contributed by atoms with Crippen LogP contribution in [0.1, 0.15) is 38.8 Å². The van der Waals surface area contributed by atoms with Crippen LogP contribution in [0.25, 0.3) is 16.8 Å². The normalized spacial score (nSPS) is 16.8. The largest absolute Gasteiger partial charge is 0.496 e. The quantitative estimate of drug-likeness (QED) is 0.440. The van der Waals surface area contributed by atoms with Crippen LogP contribution in [0.15, 0.2) is 72.2 Å². The molecule has 1 heterocycles. The third-order valence-corrected chi connectivity index (χ3v) is 6.68. The summed E-state index contributed by atoms with van der Waals surface area (Å²) in [4.78, 5) is 12.5. The summed E-state index contributed by atoms with van der Waals surface area (Å²) in [5.74, 6) is 0.803. The van der Waals surface area contributed by atoms with Gasteiger partial charge in [0, 0.05) is 11.9 Å². The number of rotatable bonds is 7. The summed E-state index contributed by atoms with van der Waals surface area (Å²) >= 11 is 0. The highest BCUT2D eigenvalue weighted by molar-refractivity contribution is 6.56. The number of fused-ring (bicyclic) bond motifs is 1. The number of amides is 1. The van der Waals surface area contributed by atoms with Gasteiger partial charge in [-0.1, -0.05) is 66.7 Å². The minimum Gasteiger partial charge on any atom is -0.496 e. The number of methoxy groups -OCH3 is 1. The zero-order valence-electron chi connectivity index (χ0n) is 21.0. The van der Waals surface area contributed by atoms with Gasteiger partial charge in [0.15, 0.2) is 0 Å². The second kappa shape index (κ2) is 10.1. The van der Waals surface area contributed by atoms with Crippen molar-refractivity contribution in [2.24, 2.45) is 0 Å². The van der Waals surface area contributed by atoms with E-state index in [0.717, 1.165) is 33.1 Å². The number of carbonyl (C=O) groups excluding carboxylic acids is 1. The van der Waals surface area contributed by atoms with Gasteiger partial charge in [-0.3, -0.25) is 0 Å². The molecule has 0 aliphatic carbocycles. The predicted octanol–water partition coefficient (Wildman–Crippen LogP) is 5.79. The summed E-state index contributed by atoms with van der Waals surface area (Å²) in [6.07, 6.45) is 1.51. The second-order valence-electron chi connectivity index (χ2n) is 9.63. The van der Waals surface area contributed by atoms with E-state index in [2.05, 4.69) is 5.32 Å². The molecule has 0 atom stereocenters. The summed E-state index contributed by atoms with van der Waals surface area (Å²) in [6.45, 7) is 8.45. The van der Waals surface area contributed by atoms with Crippen molar-refractivity contribution in [1.82, 2.24) is 5.32 Å². The first-order chi connectivity index (χ1) is 16.7. The Morgan fingerprint density at radius 3 is 2.20 bits per heavy atom. The molecular weight excluding hydrogens is 441 g/mol. The molecule has 0 aromatic heterocycles. The third kappa shape index (κ3) is 5.52. The molecule has 6 nitrogen and oxygen atoms in total. The lowest BCUT2D eigenvalue weighted by molar-refractivity contribution is 0.00578. The highest BCUT2D eigenvalue weighted by atomic mass is 16.7. The molecule has 1 N–H and O–H groups in total. The van der Waals surface area contributed by atoms with E-state index in [9.17, 15) is 4.79 Å². The maximum Gasteiger partial charge on any atom is 0.492 e. The summed E-state index contributed by atoms with van der Waals surface area (Å²) in [5, 5.41) is 4.90. The lowest BCUT2D eigenvalue weighted by atomic mass is 9.76. The van der Waals surface area contributed by atoms with E-state index < -0.39 is 24.4 Å². The van der Waals surface area contributed by atoms with Gasteiger partial charge < -0.3 is 24.1 Å². The molecule has 0 bridgehead atoms. The summed E-state index contributed by atoms with van der Waals surface area (Å²) < 4.78 is 23.6. The van der Waals surface area contributed by atoms with Gasteiger partial charge in [0.1, 0.15) is 12.4 Å². The molecule has 0 spiro atoms. The predicted molar refractivity (Wildman–Crippen MR) is 139 cm³/mol.